The highest BCUT2D eigenvalue weighted by molar-refractivity contribution is 5.77. The number of pyridine rings is 1. The molecule has 1 unspecified atom stereocenters. The fraction of sp³-hybridized carbons (Fsp3) is 0.613. The van der Waals surface area contributed by atoms with Crippen molar-refractivity contribution in [2.24, 2.45) is 5.92 Å². The summed E-state index contributed by atoms with van der Waals surface area (Å²) in [4.78, 5) is 19.4. The van der Waals surface area contributed by atoms with Crippen LogP contribution in [0.3, 0.4) is 0 Å². The van der Waals surface area contributed by atoms with Gasteiger partial charge in [-0.3, -0.25) is 9.69 Å². The van der Waals surface area contributed by atoms with Crippen molar-refractivity contribution in [2.75, 3.05) is 38.2 Å². The van der Waals surface area contributed by atoms with E-state index in [4.69, 9.17) is 14.5 Å². The number of fused-ring (bicyclic) bond motifs is 2. The van der Waals surface area contributed by atoms with Gasteiger partial charge in [0.05, 0.1) is 12.7 Å². The molecule has 1 saturated heterocycles. The number of carbonyl (C=O) groups is 1. The van der Waals surface area contributed by atoms with E-state index in [2.05, 4.69) is 17.4 Å². The maximum Gasteiger partial charge on any atom is 0.325 e. The zero-order valence-electron chi connectivity index (χ0n) is 23.5. The third-order valence-electron chi connectivity index (χ3n) is 8.45. The van der Waals surface area contributed by atoms with Gasteiger partial charge in [-0.2, -0.15) is 0 Å². The third-order valence-corrected chi connectivity index (χ3v) is 8.45. The zero-order valence-corrected chi connectivity index (χ0v) is 23.5. The lowest BCUT2D eigenvalue weighted by atomic mass is 9.82. The number of alkyl halides is 1. The predicted octanol–water partition coefficient (Wildman–Crippen LogP) is 5.29. The van der Waals surface area contributed by atoms with Crippen molar-refractivity contribution in [3.8, 4) is 5.75 Å². The number of aromatic nitrogens is 1. The van der Waals surface area contributed by atoms with Crippen LogP contribution in [0.1, 0.15) is 73.5 Å². The quantitative estimate of drug-likeness (QED) is 0.397. The average molecular weight is 540 g/mol. The number of aliphatic carboxylic acids is 1. The Morgan fingerprint density at radius 3 is 2.97 bits per heavy atom. The van der Waals surface area contributed by atoms with Crippen LogP contribution in [0.15, 0.2) is 24.3 Å². The van der Waals surface area contributed by atoms with Crippen molar-refractivity contribution in [1.29, 1.82) is 0 Å². The lowest BCUT2D eigenvalue weighted by Crippen LogP contribution is -2.38. The van der Waals surface area contributed by atoms with Crippen LogP contribution in [0.4, 0.5) is 10.2 Å². The number of unbranched alkanes of at least 4 members (excludes halogenated alkanes) is 1. The molecule has 0 radical (unpaired) electrons. The molecule has 3 atom stereocenters. The first-order valence-electron chi connectivity index (χ1n) is 14.5. The molecule has 5 rings (SSSR count). The van der Waals surface area contributed by atoms with Gasteiger partial charge in [0.15, 0.2) is 0 Å². The van der Waals surface area contributed by atoms with Crippen molar-refractivity contribution in [1.82, 2.24) is 9.88 Å². The molecule has 8 heteroatoms. The van der Waals surface area contributed by atoms with Crippen molar-refractivity contribution < 1.29 is 23.8 Å². The molecule has 0 aliphatic carbocycles. The Kier molecular flexibility index (Phi) is 8.43. The van der Waals surface area contributed by atoms with Crippen LogP contribution in [0.25, 0.3) is 0 Å². The number of nitrogens with zero attached hydrogens (tertiary/aromatic N) is 2. The Balaban J connectivity index is 1.16. The molecule has 7 nitrogen and oxygen atoms in total. The second-order valence-electron chi connectivity index (χ2n) is 11.9. The van der Waals surface area contributed by atoms with Crippen LogP contribution in [-0.4, -0.2) is 65.6 Å². The smallest absolute Gasteiger partial charge is 0.325 e. The molecular formula is C31H42FN3O4. The molecule has 39 heavy (non-hydrogen) atoms. The molecule has 3 aliphatic heterocycles. The molecule has 4 heterocycles. The monoisotopic (exact) mass is 539 g/mol. The minimum absolute atomic E-state index is 0.00679. The minimum atomic E-state index is -1.40. The number of ether oxygens (including phenoxy) is 2. The van der Waals surface area contributed by atoms with E-state index in [1.807, 2.05) is 24.0 Å². The van der Waals surface area contributed by atoms with Gasteiger partial charge in [0.1, 0.15) is 23.3 Å². The fourth-order valence-electron chi connectivity index (χ4n) is 6.11. The predicted molar refractivity (Wildman–Crippen MR) is 149 cm³/mol. The van der Waals surface area contributed by atoms with Gasteiger partial charge in [-0.25, -0.2) is 9.37 Å². The summed E-state index contributed by atoms with van der Waals surface area (Å²) in [7, 11) is 0. The minimum Gasteiger partial charge on any atom is -0.493 e. The lowest BCUT2D eigenvalue weighted by molar-refractivity contribution is -0.143. The zero-order chi connectivity index (χ0) is 27.6. The Morgan fingerprint density at radius 1 is 1.33 bits per heavy atom. The first kappa shape index (κ1) is 27.8. The number of carboxylic acid groups (broad SMARTS) is 1. The number of rotatable bonds is 10. The van der Waals surface area contributed by atoms with Gasteiger partial charge in [0, 0.05) is 43.4 Å². The molecule has 212 valence electrons. The first-order chi connectivity index (χ1) is 18.7. The first-order valence-corrected chi connectivity index (χ1v) is 14.5. The standard InChI is InChI=1S/C31H42FN3O4/c1-20-15-26(25-17-22(31(2,3)32)19-39-27(25)16-20)28(30(36)37)35-13-11-24(18-35)38-14-5-4-8-23-10-9-21-7-6-12-33-29(21)34-23/h9-10,15-16,22,24,28H,4-8,11-14,17-19H2,1-3H3,(H,33,34)(H,36,37)/t22?,24-,28-/m1/s1. The lowest BCUT2D eigenvalue weighted by Gasteiger charge is -2.35. The van der Waals surface area contributed by atoms with E-state index in [-0.39, 0.29) is 12.0 Å². The summed E-state index contributed by atoms with van der Waals surface area (Å²) in [6, 6.07) is 7.40. The van der Waals surface area contributed by atoms with Crippen molar-refractivity contribution >= 4 is 11.8 Å². The number of carboxylic acids is 1. The maximum atomic E-state index is 14.8. The van der Waals surface area contributed by atoms with Gasteiger partial charge in [0.2, 0.25) is 0 Å². The third kappa shape index (κ3) is 6.55. The molecule has 0 spiro atoms. The highest BCUT2D eigenvalue weighted by Gasteiger charge is 2.39. The number of hydrogen-bond acceptors (Lipinski definition) is 6. The topological polar surface area (TPSA) is 83.9 Å². The van der Waals surface area contributed by atoms with Crippen LogP contribution in [0, 0.1) is 12.8 Å². The van der Waals surface area contributed by atoms with E-state index in [1.165, 1.54) is 5.56 Å². The summed E-state index contributed by atoms with van der Waals surface area (Å²) in [5, 5.41) is 13.7. The number of likely N-dealkylation sites (tertiary alicyclic amines) is 1. The second-order valence-corrected chi connectivity index (χ2v) is 11.9. The highest BCUT2D eigenvalue weighted by Crippen LogP contribution is 2.40. The number of benzene rings is 1. The van der Waals surface area contributed by atoms with E-state index in [1.54, 1.807) is 13.8 Å². The van der Waals surface area contributed by atoms with Gasteiger partial charge in [-0.05, 0) is 94.5 Å². The van der Waals surface area contributed by atoms with Gasteiger partial charge >= 0.3 is 5.97 Å². The Bertz CT molecular complexity index is 1180. The average Bonchev–Trinajstić information content (AvgIpc) is 3.35. The SMILES string of the molecule is Cc1cc2c(c([C@H](C(=O)O)N3CC[C@@H](OCCCCc4ccc5c(n4)NCCC5)C3)c1)CC(C(C)(C)F)CO2. The Hall–Kier alpha value is -2.71. The molecule has 1 fully saturated rings. The summed E-state index contributed by atoms with van der Waals surface area (Å²) in [6.07, 6.45) is 6.40. The summed E-state index contributed by atoms with van der Waals surface area (Å²) in [5.74, 6) is 0.521. The van der Waals surface area contributed by atoms with Crippen LogP contribution in [-0.2, 0) is 28.8 Å². The van der Waals surface area contributed by atoms with Crippen molar-refractivity contribution in [3.05, 3.63) is 52.2 Å². The van der Waals surface area contributed by atoms with Crippen LogP contribution in [0.2, 0.25) is 0 Å². The van der Waals surface area contributed by atoms with E-state index < -0.39 is 17.7 Å². The van der Waals surface area contributed by atoms with E-state index >= 15 is 0 Å². The Morgan fingerprint density at radius 2 is 2.18 bits per heavy atom. The molecule has 3 aliphatic rings. The maximum absolute atomic E-state index is 14.8. The molecule has 0 bridgehead atoms. The van der Waals surface area contributed by atoms with Crippen LogP contribution in [0.5, 0.6) is 5.75 Å². The molecular weight excluding hydrogens is 497 g/mol. The van der Waals surface area contributed by atoms with E-state index in [9.17, 15) is 14.3 Å². The number of halogens is 1. The Labute approximate surface area is 231 Å². The normalized spacial score (nSPS) is 21.9. The highest BCUT2D eigenvalue weighted by atomic mass is 19.1. The molecule has 2 N–H and O–H groups in total. The summed E-state index contributed by atoms with van der Waals surface area (Å²) in [5.41, 5.74) is 3.51. The van der Waals surface area contributed by atoms with E-state index in [0.717, 1.165) is 73.3 Å². The molecule has 2 aromatic rings. The number of aryl methyl sites for hydroxylation is 3. The fourth-order valence-corrected chi connectivity index (χ4v) is 6.11. The molecule has 0 saturated carbocycles. The van der Waals surface area contributed by atoms with Crippen molar-refractivity contribution in [2.45, 2.75) is 83.5 Å². The summed E-state index contributed by atoms with van der Waals surface area (Å²) in [6.45, 7) is 8.25. The van der Waals surface area contributed by atoms with Gasteiger partial charge < -0.3 is 19.9 Å². The van der Waals surface area contributed by atoms with Crippen molar-refractivity contribution in [3.63, 3.8) is 0 Å². The summed E-state index contributed by atoms with van der Waals surface area (Å²) < 4.78 is 26.9. The number of hydrogen-bond donors (Lipinski definition) is 2. The molecule has 1 aromatic heterocycles. The van der Waals surface area contributed by atoms with Crippen LogP contribution < -0.4 is 10.1 Å². The van der Waals surface area contributed by atoms with Gasteiger partial charge in [-0.1, -0.05) is 12.1 Å². The van der Waals surface area contributed by atoms with Gasteiger partial charge in [-0.15, -0.1) is 0 Å². The largest absolute Gasteiger partial charge is 0.493 e. The molecule has 0 amide bonds. The summed E-state index contributed by atoms with van der Waals surface area (Å²) >= 11 is 0. The number of anilines is 1. The van der Waals surface area contributed by atoms with E-state index in [0.29, 0.717) is 38.5 Å². The number of nitrogens with one attached hydrogen (secondary N) is 1. The molecule has 1 aromatic carbocycles. The van der Waals surface area contributed by atoms with Gasteiger partial charge in [0.25, 0.3) is 0 Å². The second kappa shape index (κ2) is 11.8. The van der Waals surface area contributed by atoms with Crippen LogP contribution >= 0.6 is 0 Å².